The molecule has 82 valence electrons. The molecule has 1 fully saturated rings. The first-order chi connectivity index (χ1) is 6.26. The molecule has 0 aromatic heterocycles. The van der Waals surface area contributed by atoms with Crippen LogP contribution in [0, 0.1) is 11.3 Å². The van der Waals surface area contributed by atoms with Crippen LogP contribution in [0.2, 0.25) is 0 Å². The van der Waals surface area contributed by atoms with Crippen LogP contribution >= 0.6 is 0 Å². The van der Waals surface area contributed by atoms with E-state index in [4.69, 9.17) is 5.11 Å². The Morgan fingerprint density at radius 1 is 1.36 bits per heavy atom. The minimum Gasteiger partial charge on any atom is -0.481 e. The lowest BCUT2D eigenvalue weighted by Crippen LogP contribution is -2.39. The Balaban J connectivity index is 2.62. The number of alkyl halides is 3. The standard InChI is InChI=1S/C9H13F3O2/c1-8(9(10,11)12)4-2-6(3-5-8)7(13)14/h6H,2-5H2,1H3,(H,13,14). The van der Waals surface area contributed by atoms with E-state index in [0.717, 1.165) is 0 Å². The molecule has 0 aliphatic heterocycles. The van der Waals surface area contributed by atoms with Gasteiger partial charge in [-0.1, -0.05) is 6.92 Å². The summed E-state index contributed by atoms with van der Waals surface area (Å²) in [6.07, 6.45) is -4.10. The third-order valence-electron chi connectivity index (χ3n) is 3.12. The van der Waals surface area contributed by atoms with Crippen LogP contribution in [0.1, 0.15) is 32.6 Å². The molecular formula is C9H13F3O2. The van der Waals surface area contributed by atoms with Crippen LogP contribution in [0.3, 0.4) is 0 Å². The van der Waals surface area contributed by atoms with Gasteiger partial charge in [0.2, 0.25) is 0 Å². The maximum absolute atomic E-state index is 12.5. The normalized spacial score (nSPS) is 34.1. The topological polar surface area (TPSA) is 37.3 Å². The summed E-state index contributed by atoms with van der Waals surface area (Å²) >= 11 is 0. The van der Waals surface area contributed by atoms with Crippen LogP contribution in [0.5, 0.6) is 0 Å². The highest BCUT2D eigenvalue weighted by atomic mass is 19.4. The third kappa shape index (κ3) is 2.01. The van der Waals surface area contributed by atoms with Crippen LogP contribution in [-0.4, -0.2) is 17.3 Å². The van der Waals surface area contributed by atoms with Crippen LogP contribution < -0.4 is 0 Å². The summed E-state index contributed by atoms with van der Waals surface area (Å²) in [5, 5.41) is 8.63. The smallest absolute Gasteiger partial charge is 0.394 e. The van der Waals surface area contributed by atoms with E-state index in [9.17, 15) is 18.0 Å². The highest BCUT2D eigenvalue weighted by Gasteiger charge is 2.52. The third-order valence-corrected chi connectivity index (χ3v) is 3.12. The molecule has 0 saturated heterocycles. The van der Waals surface area contributed by atoms with Crippen molar-refractivity contribution in [3.63, 3.8) is 0 Å². The van der Waals surface area contributed by atoms with Gasteiger partial charge in [-0.2, -0.15) is 13.2 Å². The van der Waals surface area contributed by atoms with E-state index in [1.54, 1.807) is 0 Å². The molecule has 0 unspecified atom stereocenters. The summed E-state index contributed by atoms with van der Waals surface area (Å²) in [5.74, 6) is -1.57. The van der Waals surface area contributed by atoms with Gasteiger partial charge in [0.25, 0.3) is 0 Å². The van der Waals surface area contributed by atoms with Gasteiger partial charge in [-0.25, -0.2) is 0 Å². The van der Waals surface area contributed by atoms with E-state index >= 15 is 0 Å². The highest BCUT2D eigenvalue weighted by Crippen LogP contribution is 2.49. The Morgan fingerprint density at radius 3 is 2.07 bits per heavy atom. The molecule has 0 radical (unpaired) electrons. The van der Waals surface area contributed by atoms with Crippen molar-refractivity contribution in [3.05, 3.63) is 0 Å². The lowest BCUT2D eigenvalue weighted by atomic mass is 9.71. The Labute approximate surface area is 80.1 Å². The molecule has 1 aliphatic rings. The maximum Gasteiger partial charge on any atom is 0.394 e. The van der Waals surface area contributed by atoms with E-state index in [1.165, 1.54) is 6.92 Å². The second kappa shape index (κ2) is 3.44. The average molecular weight is 210 g/mol. The molecule has 0 bridgehead atoms. The van der Waals surface area contributed by atoms with Gasteiger partial charge in [-0.05, 0) is 25.7 Å². The fourth-order valence-corrected chi connectivity index (χ4v) is 1.79. The van der Waals surface area contributed by atoms with Crippen LogP contribution in [-0.2, 0) is 4.79 Å². The first-order valence-corrected chi connectivity index (χ1v) is 4.56. The fraction of sp³-hybridized carbons (Fsp3) is 0.889. The molecule has 14 heavy (non-hydrogen) atoms. The van der Waals surface area contributed by atoms with Gasteiger partial charge in [0.15, 0.2) is 0 Å². The summed E-state index contributed by atoms with van der Waals surface area (Å²) < 4.78 is 37.5. The quantitative estimate of drug-likeness (QED) is 0.722. The number of hydrogen-bond acceptors (Lipinski definition) is 1. The number of rotatable bonds is 1. The average Bonchev–Trinajstić information content (AvgIpc) is 2.03. The molecule has 0 heterocycles. The van der Waals surface area contributed by atoms with Crippen molar-refractivity contribution in [2.75, 3.05) is 0 Å². The zero-order chi connectivity index (χ0) is 11.0. The SMILES string of the molecule is CC1(C(F)(F)F)CCC(C(=O)O)CC1. The molecule has 0 spiro atoms. The van der Waals surface area contributed by atoms with Crippen molar-refractivity contribution < 1.29 is 23.1 Å². The largest absolute Gasteiger partial charge is 0.481 e. The molecular weight excluding hydrogens is 197 g/mol. The lowest BCUT2D eigenvalue weighted by molar-refractivity contribution is -0.230. The fourth-order valence-electron chi connectivity index (χ4n) is 1.79. The molecule has 0 atom stereocenters. The second-order valence-electron chi connectivity index (χ2n) is 4.17. The van der Waals surface area contributed by atoms with E-state index in [-0.39, 0.29) is 25.7 Å². The second-order valence-corrected chi connectivity index (χ2v) is 4.17. The number of halogens is 3. The maximum atomic E-state index is 12.5. The van der Waals surface area contributed by atoms with Crippen molar-refractivity contribution in [2.45, 2.75) is 38.8 Å². The Morgan fingerprint density at radius 2 is 1.79 bits per heavy atom. The van der Waals surface area contributed by atoms with Crippen LogP contribution in [0.4, 0.5) is 13.2 Å². The van der Waals surface area contributed by atoms with E-state index in [2.05, 4.69) is 0 Å². The summed E-state index contributed by atoms with van der Waals surface area (Å²) in [5.41, 5.74) is -1.68. The molecule has 1 saturated carbocycles. The van der Waals surface area contributed by atoms with Gasteiger partial charge in [-0.15, -0.1) is 0 Å². The van der Waals surface area contributed by atoms with E-state index in [0.29, 0.717) is 0 Å². The minimum absolute atomic E-state index is 0.0759. The lowest BCUT2D eigenvalue weighted by Gasteiger charge is -2.37. The zero-order valence-corrected chi connectivity index (χ0v) is 7.90. The Hall–Kier alpha value is -0.740. The van der Waals surface area contributed by atoms with Crippen molar-refractivity contribution in [2.24, 2.45) is 11.3 Å². The molecule has 2 nitrogen and oxygen atoms in total. The van der Waals surface area contributed by atoms with Gasteiger partial charge in [-0.3, -0.25) is 4.79 Å². The van der Waals surface area contributed by atoms with Gasteiger partial charge in [0.05, 0.1) is 11.3 Å². The predicted octanol–water partition coefficient (Wildman–Crippen LogP) is 2.83. The zero-order valence-electron chi connectivity index (χ0n) is 7.90. The van der Waals surface area contributed by atoms with Crippen LogP contribution in [0.15, 0.2) is 0 Å². The van der Waals surface area contributed by atoms with Crippen LogP contribution in [0.25, 0.3) is 0 Å². The number of aliphatic carboxylic acids is 1. The summed E-state index contributed by atoms with van der Waals surface area (Å²) in [7, 11) is 0. The first-order valence-electron chi connectivity index (χ1n) is 4.56. The summed E-state index contributed by atoms with van der Waals surface area (Å²) in [4.78, 5) is 10.5. The monoisotopic (exact) mass is 210 g/mol. The number of hydrogen-bond donors (Lipinski definition) is 1. The first kappa shape index (κ1) is 11.3. The molecule has 0 aromatic carbocycles. The van der Waals surface area contributed by atoms with Gasteiger partial charge in [0.1, 0.15) is 0 Å². The molecule has 1 rings (SSSR count). The highest BCUT2D eigenvalue weighted by molar-refractivity contribution is 5.70. The van der Waals surface area contributed by atoms with E-state index in [1.807, 2.05) is 0 Å². The Kier molecular flexibility index (Phi) is 2.78. The molecule has 0 amide bonds. The molecule has 1 N–H and O–H groups in total. The van der Waals surface area contributed by atoms with Gasteiger partial charge < -0.3 is 5.11 Å². The molecule has 1 aliphatic carbocycles. The van der Waals surface area contributed by atoms with Gasteiger partial charge >= 0.3 is 12.1 Å². The summed E-state index contributed by atoms with van der Waals surface area (Å²) in [6.45, 7) is 1.17. The summed E-state index contributed by atoms with van der Waals surface area (Å²) in [6, 6.07) is 0. The predicted molar refractivity (Wildman–Crippen MR) is 43.8 cm³/mol. The van der Waals surface area contributed by atoms with Gasteiger partial charge in [0, 0.05) is 0 Å². The van der Waals surface area contributed by atoms with Crippen molar-refractivity contribution in [1.29, 1.82) is 0 Å². The van der Waals surface area contributed by atoms with Crippen molar-refractivity contribution >= 4 is 5.97 Å². The number of carbonyl (C=O) groups is 1. The number of carboxylic acid groups (broad SMARTS) is 1. The number of carboxylic acids is 1. The van der Waals surface area contributed by atoms with E-state index < -0.39 is 23.5 Å². The minimum atomic E-state index is -4.21. The van der Waals surface area contributed by atoms with Crippen molar-refractivity contribution in [1.82, 2.24) is 0 Å². The molecule has 0 aromatic rings. The van der Waals surface area contributed by atoms with Crippen molar-refractivity contribution in [3.8, 4) is 0 Å². The Bertz CT molecular complexity index is 227. The molecule has 5 heteroatoms.